The van der Waals surface area contributed by atoms with Crippen molar-refractivity contribution in [1.82, 2.24) is 10.3 Å². The Labute approximate surface area is 79.7 Å². The number of nitrogens with one attached hydrogen (secondary N) is 1. The lowest BCUT2D eigenvalue weighted by Crippen LogP contribution is -2.13. The Morgan fingerprint density at radius 1 is 1.54 bits per heavy atom. The molecule has 1 rings (SSSR count). The first-order chi connectivity index (χ1) is 6.43. The highest BCUT2D eigenvalue weighted by molar-refractivity contribution is 5.07. The maximum atomic E-state index is 4.05. The molecule has 0 spiro atoms. The molecule has 0 aromatic carbocycles. The average molecular weight is 176 g/mol. The maximum Gasteiger partial charge on any atom is 0.0312 e. The van der Waals surface area contributed by atoms with Crippen molar-refractivity contribution in [2.45, 2.75) is 19.9 Å². The van der Waals surface area contributed by atoms with Crippen molar-refractivity contribution in [1.29, 1.82) is 0 Å². The summed E-state index contributed by atoms with van der Waals surface area (Å²) in [4.78, 5) is 4.05. The highest BCUT2D eigenvalue weighted by Gasteiger charge is 1.89. The SMILES string of the molecule is C/C=C/CCNCc1cccnc1. The van der Waals surface area contributed by atoms with Crippen molar-refractivity contribution in [3.63, 3.8) is 0 Å². The van der Waals surface area contributed by atoms with Crippen LogP contribution in [0.4, 0.5) is 0 Å². The van der Waals surface area contributed by atoms with E-state index in [9.17, 15) is 0 Å². The van der Waals surface area contributed by atoms with Crippen LogP contribution < -0.4 is 5.32 Å². The van der Waals surface area contributed by atoms with Crippen molar-refractivity contribution >= 4 is 0 Å². The van der Waals surface area contributed by atoms with E-state index in [1.807, 2.05) is 19.2 Å². The molecule has 70 valence electrons. The molecule has 1 aromatic heterocycles. The van der Waals surface area contributed by atoms with Crippen molar-refractivity contribution in [3.8, 4) is 0 Å². The summed E-state index contributed by atoms with van der Waals surface area (Å²) in [5.74, 6) is 0. The van der Waals surface area contributed by atoms with Gasteiger partial charge in [0.25, 0.3) is 0 Å². The summed E-state index contributed by atoms with van der Waals surface area (Å²) in [5.41, 5.74) is 1.24. The van der Waals surface area contributed by atoms with Crippen LogP contribution in [-0.4, -0.2) is 11.5 Å². The van der Waals surface area contributed by atoms with E-state index in [4.69, 9.17) is 0 Å². The molecule has 0 aliphatic carbocycles. The van der Waals surface area contributed by atoms with Gasteiger partial charge >= 0.3 is 0 Å². The molecule has 1 aromatic rings. The molecular formula is C11H16N2. The molecule has 0 atom stereocenters. The topological polar surface area (TPSA) is 24.9 Å². The average Bonchev–Trinajstić information content (AvgIpc) is 2.19. The minimum atomic E-state index is 0.908. The third-order valence-corrected chi connectivity index (χ3v) is 1.78. The number of aromatic nitrogens is 1. The van der Waals surface area contributed by atoms with E-state index in [2.05, 4.69) is 28.5 Å². The number of rotatable bonds is 5. The summed E-state index contributed by atoms with van der Waals surface area (Å²) in [6.07, 6.45) is 9.02. The number of hydrogen-bond acceptors (Lipinski definition) is 2. The Morgan fingerprint density at radius 3 is 3.15 bits per heavy atom. The molecule has 0 bridgehead atoms. The van der Waals surface area contributed by atoms with Crippen LogP contribution in [-0.2, 0) is 6.54 Å². The van der Waals surface area contributed by atoms with E-state index < -0.39 is 0 Å². The minimum Gasteiger partial charge on any atom is -0.312 e. The standard InChI is InChI=1S/C11H16N2/c1-2-3-4-7-12-9-11-6-5-8-13-10-11/h2-3,5-6,8,10,12H,4,7,9H2,1H3/b3-2+. The van der Waals surface area contributed by atoms with Gasteiger partial charge in [-0.2, -0.15) is 0 Å². The third kappa shape index (κ3) is 4.43. The number of allylic oxidation sites excluding steroid dienone is 1. The predicted molar refractivity (Wildman–Crippen MR) is 55.4 cm³/mol. The Kier molecular flexibility index (Phi) is 4.87. The lowest BCUT2D eigenvalue weighted by Gasteiger charge is -2.01. The lowest BCUT2D eigenvalue weighted by molar-refractivity contribution is 0.693. The number of nitrogens with zero attached hydrogens (tertiary/aromatic N) is 1. The molecule has 2 nitrogen and oxygen atoms in total. The first kappa shape index (κ1) is 9.93. The minimum absolute atomic E-state index is 0.908. The van der Waals surface area contributed by atoms with Crippen molar-refractivity contribution in [2.75, 3.05) is 6.54 Å². The van der Waals surface area contributed by atoms with E-state index in [1.54, 1.807) is 6.20 Å². The van der Waals surface area contributed by atoms with E-state index in [0.717, 1.165) is 19.5 Å². The Morgan fingerprint density at radius 2 is 2.46 bits per heavy atom. The molecule has 1 N–H and O–H groups in total. The zero-order chi connectivity index (χ0) is 9.36. The van der Waals surface area contributed by atoms with Crippen molar-refractivity contribution in [3.05, 3.63) is 42.2 Å². The van der Waals surface area contributed by atoms with Crippen LogP contribution in [0, 0.1) is 0 Å². The molecule has 0 saturated carbocycles. The van der Waals surface area contributed by atoms with Gasteiger partial charge in [-0.15, -0.1) is 0 Å². The lowest BCUT2D eigenvalue weighted by atomic mass is 10.3. The smallest absolute Gasteiger partial charge is 0.0312 e. The van der Waals surface area contributed by atoms with Crippen LogP contribution in [0.25, 0.3) is 0 Å². The summed E-state index contributed by atoms with van der Waals surface area (Å²) in [6, 6.07) is 4.04. The zero-order valence-corrected chi connectivity index (χ0v) is 8.03. The first-order valence-corrected chi connectivity index (χ1v) is 4.64. The molecule has 0 saturated heterocycles. The monoisotopic (exact) mass is 176 g/mol. The van der Waals surface area contributed by atoms with E-state index in [-0.39, 0.29) is 0 Å². The Hall–Kier alpha value is -1.15. The fraction of sp³-hybridized carbons (Fsp3) is 0.364. The quantitative estimate of drug-likeness (QED) is 0.549. The van der Waals surface area contributed by atoms with Gasteiger partial charge < -0.3 is 5.32 Å². The second kappa shape index (κ2) is 6.38. The van der Waals surface area contributed by atoms with Crippen LogP contribution in [0.3, 0.4) is 0 Å². The van der Waals surface area contributed by atoms with Gasteiger partial charge in [-0.1, -0.05) is 18.2 Å². The molecule has 13 heavy (non-hydrogen) atoms. The molecule has 0 aliphatic heterocycles. The zero-order valence-electron chi connectivity index (χ0n) is 8.03. The number of hydrogen-bond donors (Lipinski definition) is 1. The molecule has 0 fully saturated rings. The normalized spacial score (nSPS) is 10.8. The van der Waals surface area contributed by atoms with E-state index in [1.165, 1.54) is 5.56 Å². The molecule has 0 aliphatic rings. The highest BCUT2D eigenvalue weighted by atomic mass is 14.8. The van der Waals surface area contributed by atoms with Crippen molar-refractivity contribution in [2.24, 2.45) is 0 Å². The third-order valence-electron chi connectivity index (χ3n) is 1.78. The molecular weight excluding hydrogens is 160 g/mol. The maximum absolute atomic E-state index is 4.05. The van der Waals surface area contributed by atoms with Crippen LogP contribution in [0.5, 0.6) is 0 Å². The van der Waals surface area contributed by atoms with Crippen LogP contribution in [0.1, 0.15) is 18.9 Å². The van der Waals surface area contributed by atoms with Crippen molar-refractivity contribution < 1.29 is 0 Å². The van der Waals surface area contributed by atoms with Crippen LogP contribution in [0.15, 0.2) is 36.7 Å². The molecule has 1 heterocycles. The fourth-order valence-electron chi connectivity index (χ4n) is 1.09. The van der Waals surface area contributed by atoms with E-state index in [0.29, 0.717) is 0 Å². The van der Waals surface area contributed by atoms with Gasteiger partial charge in [0.1, 0.15) is 0 Å². The van der Waals surface area contributed by atoms with Crippen LogP contribution >= 0.6 is 0 Å². The molecule has 0 radical (unpaired) electrons. The van der Waals surface area contributed by atoms with Gasteiger partial charge in [0.05, 0.1) is 0 Å². The summed E-state index contributed by atoms with van der Waals surface area (Å²) in [6.45, 7) is 3.98. The first-order valence-electron chi connectivity index (χ1n) is 4.64. The molecule has 2 heteroatoms. The Bertz CT molecular complexity index is 242. The van der Waals surface area contributed by atoms with Crippen LogP contribution in [0.2, 0.25) is 0 Å². The highest BCUT2D eigenvalue weighted by Crippen LogP contribution is 1.94. The largest absolute Gasteiger partial charge is 0.312 e. The van der Waals surface area contributed by atoms with Gasteiger partial charge in [-0.05, 0) is 31.5 Å². The second-order valence-corrected chi connectivity index (χ2v) is 2.90. The molecule has 0 amide bonds. The summed E-state index contributed by atoms with van der Waals surface area (Å²) in [5, 5.41) is 3.35. The summed E-state index contributed by atoms with van der Waals surface area (Å²) >= 11 is 0. The number of pyridine rings is 1. The Balaban J connectivity index is 2.13. The molecule has 0 unspecified atom stereocenters. The van der Waals surface area contributed by atoms with Gasteiger partial charge in [-0.25, -0.2) is 0 Å². The fourth-order valence-corrected chi connectivity index (χ4v) is 1.09. The van der Waals surface area contributed by atoms with Gasteiger partial charge in [0.2, 0.25) is 0 Å². The predicted octanol–water partition coefficient (Wildman–Crippen LogP) is 2.14. The summed E-state index contributed by atoms with van der Waals surface area (Å²) < 4.78 is 0. The van der Waals surface area contributed by atoms with E-state index >= 15 is 0 Å². The summed E-state index contributed by atoms with van der Waals surface area (Å²) in [7, 11) is 0. The van der Waals surface area contributed by atoms with Gasteiger partial charge in [-0.3, -0.25) is 4.98 Å². The second-order valence-electron chi connectivity index (χ2n) is 2.90. The van der Waals surface area contributed by atoms with Gasteiger partial charge in [0, 0.05) is 18.9 Å². The van der Waals surface area contributed by atoms with Gasteiger partial charge in [0.15, 0.2) is 0 Å².